The third-order valence-electron chi connectivity index (χ3n) is 3.96. The maximum absolute atomic E-state index is 11.9. The van der Waals surface area contributed by atoms with Gasteiger partial charge in [-0.2, -0.15) is 0 Å². The molecule has 0 saturated heterocycles. The van der Waals surface area contributed by atoms with Crippen molar-refractivity contribution in [2.45, 2.75) is 77.5 Å². The smallest absolute Gasteiger partial charge is 0.407 e. The van der Waals surface area contributed by atoms with E-state index in [1.54, 1.807) is 0 Å². The van der Waals surface area contributed by atoms with Gasteiger partial charge < -0.3 is 15.4 Å². The van der Waals surface area contributed by atoms with Gasteiger partial charge in [-0.25, -0.2) is 4.79 Å². The molecule has 1 amide bonds. The molecule has 2 atom stereocenters. The van der Waals surface area contributed by atoms with Crippen LogP contribution in [0.4, 0.5) is 4.79 Å². The van der Waals surface area contributed by atoms with Crippen molar-refractivity contribution >= 4 is 6.09 Å². The Morgan fingerprint density at radius 1 is 1.25 bits per heavy atom. The zero-order valence-electron chi connectivity index (χ0n) is 13.4. The van der Waals surface area contributed by atoms with E-state index >= 15 is 0 Å². The molecule has 0 aromatic heterocycles. The van der Waals surface area contributed by atoms with E-state index in [1.807, 2.05) is 20.8 Å². The molecule has 2 fully saturated rings. The van der Waals surface area contributed by atoms with Crippen molar-refractivity contribution < 1.29 is 9.53 Å². The molecule has 4 nitrogen and oxygen atoms in total. The van der Waals surface area contributed by atoms with Crippen LogP contribution in [0.1, 0.15) is 59.8 Å². The molecule has 0 radical (unpaired) electrons. The molecule has 4 heteroatoms. The maximum atomic E-state index is 11.9. The number of nitrogens with one attached hydrogen (secondary N) is 2. The van der Waals surface area contributed by atoms with Gasteiger partial charge in [-0.1, -0.05) is 12.8 Å². The summed E-state index contributed by atoms with van der Waals surface area (Å²) in [5, 5.41) is 6.61. The number of alkyl carbamates (subject to hydrolysis) is 1. The van der Waals surface area contributed by atoms with Crippen LogP contribution in [0.2, 0.25) is 0 Å². The van der Waals surface area contributed by atoms with Crippen LogP contribution in [0.15, 0.2) is 0 Å². The highest BCUT2D eigenvalue weighted by Gasteiger charge is 2.33. The van der Waals surface area contributed by atoms with E-state index in [4.69, 9.17) is 4.74 Å². The molecule has 2 saturated carbocycles. The highest BCUT2D eigenvalue weighted by molar-refractivity contribution is 5.68. The van der Waals surface area contributed by atoms with E-state index in [2.05, 4.69) is 17.6 Å². The lowest BCUT2D eigenvalue weighted by Gasteiger charge is -2.25. The van der Waals surface area contributed by atoms with E-state index in [-0.39, 0.29) is 12.1 Å². The average Bonchev–Trinajstić information content (AvgIpc) is 3.13. The summed E-state index contributed by atoms with van der Waals surface area (Å²) in [4.78, 5) is 11.9. The van der Waals surface area contributed by atoms with Crippen LogP contribution in [0.3, 0.4) is 0 Å². The van der Waals surface area contributed by atoms with Crippen LogP contribution in [0, 0.1) is 11.8 Å². The van der Waals surface area contributed by atoms with E-state index in [0.29, 0.717) is 12.0 Å². The first kappa shape index (κ1) is 15.6. The monoisotopic (exact) mass is 282 g/mol. The predicted octanol–water partition coefficient (Wildman–Crippen LogP) is 3.07. The second-order valence-electron chi connectivity index (χ2n) is 7.58. The molecule has 2 unspecified atom stereocenters. The average molecular weight is 282 g/mol. The largest absolute Gasteiger partial charge is 0.444 e. The second kappa shape index (κ2) is 6.33. The number of rotatable bonds is 7. The summed E-state index contributed by atoms with van der Waals surface area (Å²) in [6.45, 7) is 8.80. The molecule has 0 bridgehead atoms. The van der Waals surface area contributed by atoms with Gasteiger partial charge in [0.2, 0.25) is 0 Å². The Balaban J connectivity index is 1.70. The SMILES string of the molecule is CC(CC1CC1)NCC(NC(=O)OC(C)(C)C)C1CC1. The van der Waals surface area contributed by atoms with Crippen molar-refractivity contribution in [2.75, 3.05) is 6.54 Å². The molecule has 0 heterocycles. The Labute approximate surface area is 123 Å². The number of hydrogen-bond donors (Lipinski definition) is 2. The molecular formula is C16H30N2O2. The third kappa shape index (κ3) is 6.12. The van der Waals surface area contributed by atoms with Gasteiger partial charge in [0, 0.05) is 18.6 Å². The molecular weight excluding hydrogens is 252 g/mol. The molecule has 116 valence electrons. The van der Waals surface area contributed by atoms with E-state index < -0.39 is 5.60 Å². The lowest BCUT2D eigenvalue weighted by Crippen LogP contribution is -2.47. The topological polar surface area (TPSA) is 50.4 Å². The van der Waals surface area contributed by atoms with E-state index in [9.17, 15) is 4.79 Å². The van der Waals surface area contributed by atoms with Crippen LogP contribution in [-0.4, -0.2) is 30.3 Å². The fraction of sp³-hybridized carbons (Fsp3) is 0.938. The lowest BCUT2D eigenvalue weighted by molar-refractivity contribution is 0.0496. The molecule has 2 N–H and O–H groups in total. The number of hydrogen-bond acceptors (Lipinski definition) is 3. The van der Waals surface area contributed by atoms with Crippen molar-refractivity contribution in [2.24, 2.45) is 11.8 Å². The molecule has 2 aliphatic rings. The van der Waals surface area contributed by atoms with Gasteiger partial charge in [0.15, 0.2) is 0 Å². The van der Waals surface area contributed by atoms with Gasteiger partial charge >= 0.3 is 6.09 Å². The zero-order valence-corrected chi connectivity index (χ0v) is 13.4. The maximum Gasteiger partial charge on any atom is 0.407 e. The molecule has 2 aliphatic carbocycles. The van der Waals surface area contributed by atoms with Crippen LogP contribution < -0.4 is 10.6 Å². The van der Waals surface area contributed by atoms with Crippen molar-refractivity contribution in [1.82, 2.24) is 10.6 Å². The predicted molar refractivity (Wildman–Crippen MR) is 80.7 cm³/mol. The van der Waals surface area contributed by atoms with Gasteiger partial charge in [-0.05, 0) is 58.8 Å². The summed E-state index contributed by atoms with van der Waals surface area (Å²) < 4.78 is 5.35. The van der Waals surface area contributed by atoms with Crippen LogP contribution in [0.5, 0.6) is 0 Å². The number of carbonyl (C=O) groups excluding carboxylic acids is 1. The number of amides is 1. The Morgan fingerprint density at radius 2 is 1.90 bits per heavy atom. The summed E-state index contributed by atoms with van der Waals surface area (Å²) in [6.07, 6.45) is 6.22. The van der Waals surface area contributed by atoms with Crippen LogP contribution >= 0.6 is 0 Å². The van der Waals surface area contributed by atoms with Gasteiger partial charge in [-0.15, -0.1) is 0 Å². The minimum absolute atomic E-state index is 0.214. The fourth-order valence-electron chi connectivity index (χ4n) is 2.56. The van der Waals surface area contributed by atoms with Crippen LogP contribution in [0.25, 0.3) is 0 Å². The first-order valence-electron chi connectivity index (χ1n) is 8.06. The summed E-state index contributed by atoms with van der Waals surface area (Å²) in [5.41, 5.74) is -0.426. The van der Waals surface area contributed by atoms with Gasteiger partial charge in [0.25, 0.3) is 0 Å². The fourth-order valence-corrected chi connectivity index (χ4v) is 2.56. The van der Waals surface area contributed by atoms with Crippen molar-refractivity contribution in [3.63, 3.8) is 0 Å². The van der Waals surface area contributed by atoms with Crippen molar-refractivity contribution in [3.05, 3.63) is 0 Å². The lowest BCUT2D eigenvalue weighted by atomic mass is 10.1. The van der Waals surface area contributed by atoms with E-state index in [1.165, 1.54) is 32.1 Å². The molecule has 0 aliphatic heterocycles. The molecule has 2 rings (SSSR count). The zero-order chi connectivity index (χ0) is 14.8. The number of carbonyl (C=O) groups is 1. The first-order valence-corrected chi connectivity index (χ1v) is 8.06. The summed E-state index contributed by atoms with van der Waals surface area (Å²) in [6, 6.07) is 0.760. The van der Waals surface area contributed by atoms with Crippen molar-refractivity contribution in [1.29, 1.82) is 0 Å². The minimum Gasteiger partial charge on any atom is -0.444 e. The van der Waals surface area contributed by atoms with Crippen molar-refractivity contribution in [3.8, 4) is 0 Å². The molecule has 0 spiro atoms. The second-order valence-corrected chi connectivity index (χ2v) is 7.58. The van der Waals surface area contributed by atoms with E-state index in [0.717, 1.165) is 12.5 Å². The van der Waals surface area contributed by atoms with Gasteiger partial charge in [-0.3, -0.25) is 0 Å². The standard InChI is InChI=1S/C16H30N2O2/c1-11(9-12-5-6-12)17-10-14(13-7-8-13)18-15(19)20-16(2,3)4/h11-14,17H,5-10H2,1-4H3,(H,18,19). The summed E-state index contributed by atoms with van der Waals surface area (Å²) >= 11 is 0. The normalized spacial score (nSPS) is 22.2. The van der Waals surface area contributed by atoms with Crippen LogP contribution in [-0.2, 0) is 4.74 Å². The molecule has 20 heavy (non-hydrogen) atoms. The quantitative estimate of drug-likeness (QED) is 0.754. The first-order chi connectivity index (χ1) is 9.33. The Morgan fingerprint density at radius 3 is 2.40 bits per heavy atom. The third-order valence-corrected chi connectivity index (χ3v) is 3.96. The Kier molecular flexibility index (Phi) is 4.95. The highest BCUT2D eigenvalue weighted by atomic mass is 16.6. The minimum atomic E-state index is -0.426. The number of ether oxygens (including phenoxy) is 1. The van der Waals surface area contributed by atoms with Gasteiger partial charge in [0.1, 0.15) is 5.60 Å². The molecule has 0 aromatic rings. The van der Waals surface area contributed by atoms with Gasteiger partial charge in [0.05, 0.1) is 0 Å². The highest BCUT2D eigenvalue weighted by Crippen LogP contribution is 2.34. The molecule has 0 aromatic carbocycles. The summed E-state index contributed by atoms with van der Waals surface area (Å²) in [5.74, 6) is 1.57. The Hall–Kier alpha value is -0.770. The Bertz CT molecular complexity index is 330. The summed E-state index contributed by atoms with van der Waals surface area (Å²) in [7, 11) is 0.